The zero-order chi connectivity index (χ0) is 18.4. The number of carbonyl (C=O) groups is 1. The topological polar surface area (TPSA) is 64.0 Å². The van der Waals surface area contributed by atoms with E-state index in [9.17, 15) is 22.8 Å². The number of hydrogen-bond acceptors (Lipinski definition) is 4. The first-order valence-electron chi connectivity index (χ1n) is 7.12. The third-order valence-electron chi connectivity index (χ3n) is 3.70. The van der Waals surface area contributed by atoms with E-state index < -0.39 is 17.6 Å². The zero-order valence-electron chi connectivity index (χ0n) is 13.1. The number of nitrogens with zero attached hydrogens (tertiary/aromatic N) is 2. The van der Waals surface area contributed by atoms with Crippen LogP contribution in [0.15, 0.2) is 35.4 Å². The lowest BCUT2D eigenvalue weighted by Crippen LogP contribution is -2.18. The second kappa shape index (κ2) is 5.99. The number of thiophene rings is 1. The van der Waals surface area contributed by atoms with Crippen LogP contribution in [0.25, 0.3) is 10.2 Å². The van der Waals surface area contributed by atoms with Crippen molar-refractivity contribution in [3.05, 3.63) is 57.0 Å². The highest BCUT2D eigenvalue weighted by molar-refractivity contribution is 7.20. The standard InChI is InChI=1S/C16H12F3N3O2S/c1-8-11-14(20-7-22(2)15(11)24)25-12(8)13(23)21-10-6-4-3-5-9(10)16(17,18)19/h3-7H,1-2H3,(H,21,23). The first-order valence-corrected chi connectivity index (χ1v) is 7.94. The van der Waals surface area contributed by atoms with E-state index in [2.05, 4.69) is 10.3 Å². The summed E-state index contributed by atoms with van der Waals surface area (Å²) >= 11 is 0.970. The Morgan fingerprint density at radius 2 is 1.96 bits per heavy atom. The Labute approximate surface area is 143 Å². The van der Waals surface area contributed by atoms with E-state index >= 15 is 0 Å². The van der Waals surface area contributed by atoms with Crippen molar-refractivity contribution in [3.63, 3.8) is 0 Å². The molecular weight excluding hydrogens is 355 g/mol. The molecule has 1 amide bonds. The Hall–Kier alpha value is -2.68. The molecule has 3 aromatic rings. The number of amides is 1. The summed E-state index contributed by atoms with van der Waals surface area (Å²) in [6.45, 7) is 1.58. The predicted octanol–water partition coefficient (Wildman–Crippen LogP) is 3.57. The molecule has 0 spiro atoms. The quantitative estimate of drug-likeness (QED) is 0.753. The molecule has 0 aliphatic heterocycles. The molecule has 0 fully saturated rings. The maximum atomic E-state index is 13.0. The monoisotopic (exact) mass is 367 g/mol. The highest BCUT2D eigenvalue weighted by Crippen LogP contribution is 2.35. The molecule has 0 unspecified atom stereocenters. The van der Waals surface area contributed by atoms with Gasteiger partial charge in [-0.25, -0.2) is 4.98 Å². The number of para-hydroxylation sites is 1. The normalized spacial score (nSPS) is 11.7. The van der Waals surface area contributed by atoms with Crippen LogP contribution in [0.2, 0.25) is 0 Å². The fourth-order valence-corrected chi connectivity index (χ4v) is 3.48. The SMILES string of the molecule is Cc1c(C(=O)Nc2ccccc2C(F)(F)F)sc2ncn(C)c(=O)c12. The third-order valence-corrected chi connectivity index (χ3v) is 4.90. The number of fused-ring (bicyclic) bond motifs is 1. The van der Waals surface area contributed by atoms with Gasteiger partial charge in [0.1, 0.15) is 4.83 Å². The number of aryl methyl sites for hydroxylation is 2. The maximum absolute atomic E-state index is 13.0. The molecule has 3 rings (SSSR count). The molecule has 9 heteroatoms. The van der Waals surface area contributed by atoms with Gasteiger partial charge in [0.05, 0.1) is 27.8 Å². The van der Waals surface area contributed by atoms with E-state index in [1.54, 1.807) is 6.92 Å². The Bertz CT molecular complexity index is 1040. The number of hydrogen-bond donors (Lipinski definition) is 1. The second-order valence-corrected chi connectivity index (χ2v) is 6.39. The highest BCUT2D eigenvalue weighted by atomic mass is 32.1. The van der Waals surface area contributed by atoms with Gasteiger partial charge in [-0.15, -0.1) is 11.3 Å². The lowest BCUT2D eigenvalue weighted by molar-refractivity contribution is -0.136. The van der Waals surface area contributed by atoms with E-state index in [0.717, 1.165) is 17.4 Å². The lowest BCUT2D eigenvalue weighted by atomic mass is 10.1. The zero-order valence-corrected chi connectivity index (χ0v) is 14.0. The number of halogens is 3. The first kappa shape index (κ1) is 17.2. The van der Waals surface area contributed by atoms with Crippen LogP contribution in [0.4, 0.5) is 18.9 Å². The molecule has 0 atom stereocenters. The fraction of sp³-hybridized carbons (Fsp3) is 0.188. The Morgan fingerprint density at radius 1 is 1.28 bits per heavy atom. The Balaban J connectivity index is 2.04. The summed E-state index contributed by atoms with van der Waals surface area (Å²) in [7, 11) is 1.53. The molecule has 0 aliphatic rings. The van der Waals surface area contributed by atoms with Crippen molar-refractivity contribution in [2.45, 2.75) is 13.1 Å². The van der Waals surface area contributed by atoms with Crippen molar-refractivity contribution in [2.75, 3.05) is 5.32 Å². The number of benzene rings is 1. The summed E-state index contributed by atoms with van der Waals surface area (Å²) in [6, 6.07) is 4.72. The van der Waals surface area contributed by atoms with Crippen LogP contribution < -0.4 is 10.9 Å². The van der Waals surface area contributed by atoms with Gasteiger partial charge in [-0.05, 0) is 24.6 Å². The van der Waals surface area contributed by atoms with Gasteiger partial charge in [-0.2, -0.15) is 13.2 Å². The molecule has 0 radical (unpaired) electrons. The van der Waals surface area contributed by atoms with Crippen LogP contribution in [0.3, 0.4) is 0 Å². The number of anilines is 1. The Morgan fingerprint density at radius 3 is 2.64 bits per heavy atom. The molecule has 0 saturated carbocycles. The van der Waals surface area contributed by atoms with Gasteiger partial charge in [0.25, 0.3) is 11.5 Å². The summed E-state index contributed by atoms with van der Waals surface area (Å²) < 4.78 is 40.4. The van der Waals surface area contributed by atoms with E-state index in [1.165, 1.54) is 36.1 Å². The molecule has 5 nitrogen and oxygen atoms in total. The van der Waals surface area contributed by atoms with Crippen LogP contribution in [0, 0.1) is 6.92 Å². The summed E-state index contributed by atoms with van der Waals surface area (Å²) in [6.07, 6.45) is -3.25. The predicted molar refractivity (Wildman–Crippen MR) is 89.0 cm³/mol. The van der Waals surface area contributed by atoms with Gasteiger partial charge in [0.2, 0.25) is 0 Å². The summed E-state index contributed by atoms with van der Waals surface area (Å²) in [4.78, 5) is 29.3. The fourth-order valence-electron chi connectivity index (χ4n) is 2.44. The van der Waals surface area contributed by atoms with Crippen LogP contribution in [-0.4, -0.2) is 15.5 Å². The van der Waals surface area contributed by atoms with Crippen molar-refractivity contribution in [1.82, 2.24) is 9.55 Å². The molecule has 0 aliphatic carbocycles. The number of carbonyl (C=O) groups excluding carboxylic acids is 1. The van der Waals surface area contributed by atoms with Crippen molar-refractivity contribution in [2.24, 2.45) is 7.05 Å². The molecule has 2 aromatic heterocycles. The molecule has 0 bridgehead atoms. The number of rotatable bonds is 2. The highest BCUT2D eigenvalue weighted by Gasteiger charge is 2.34. The third kappa shape index (κ3) is 3.02. The number of alkyl halides is 3. The van der Waals surface area contributed by atoms with Crippen molar-refractivity contribution in [1.29, 1.82) is 0 Å². The smallest absolute Gasteiger partial charge is 0.321 e. The largest absolute Gasteiger partial charge is 0.418 e. The first-order chi connectivity index (χ1) is 11.7. The van der Waals surface area contributed by atoms with Gasteiger partial charge < -0.3 is 9.88 Å². The average Bonchev–Trinajstić information content (AvgIpc) is 2.88. The number of nitrogens with one attached hydrogen (secondary N) is 1. The van der Waals surface area contributed by atoms with Crippen molar-refractivity contribution < 1.29 is 18.0 Å². The summed E-state index contributed by atoms with van der Waals surface area (Å²) in [5.74, 6) is -0.709. The molecule has 2 heterocycles. The minimum atomic E-state index is -4.59. The van der Waals surface area contributed by atoms with E-state index in [1.807, 2.05) is 0 Å². The van der Waals surface area contributed by atoms with Crippen LogP contribution in [0.1, 0.15) is 20.8 Å². The van der Waals surface area contributed by atoms with Gasteiger partial charge in [-0.1, -0.05) is 12.1 Å². The van der Waals surface area contributed by atoms with Crippen molar-refractivity contribution >= 4 is 33.1 Å². The van der Waals surface area contributed by atoms with Crippen LogP contribution in [-0.2, 0) is 13.2 Å². The second-order valence-electron chi connectivity index (χ2n) is 5.39. The Kier molecular flexibility index (Phi) is 4.11. The minimum Gasteiger partial charge on any atom is -0.321 e. The average molecular weight is 367 g/mol. The summed E-state index contributed by atoms with van der Waals surface area (Å²) in [5, 5.41) is 2.58. The maximum Gasteiger partial charge on any atom is 0.418 e. The number of aromatic nitrogens is 2. The molecule has 25 heavy (non-hydrogen) atoms. The van der Waals surface area contributed by atoms with Gasteiger partial charge in [0.15, 0.2) is 0 Å². The van der Waals surface area contributed by atoms with Gasteiger partial charge in [-0.3, -0.25) is 9.59 Å². The van der Waals surface area contributed by atoms with Crippen LogP contribution in [0.5, 0.6) is 0 Å². The van der Waals surface area contributed by atoms with E-state index in [0.29, 0.717) is 15.8 Å². The van der Waals surface area contributed by atoms with Gasteiger partial charge >= 0.3 is 6.18 Å². The van der Waals surface area contributed by atoms with E-state index in [4.69, 9.17) is 0 Å². The molecule has 1 N–H and O–H groups in total. The van der Waals surface area contributed by atoms with Crippen LogP contribution >= 0.6 is 11.3 Å². The molecule has 0 saturated heterocycles. The molecule has 1 aromatic carbocycles. The van der Waals surface area contributed by atoms with E-state index in [-0.39, 0.29) is 16.1 Å². The van der Waals surface area contributed by atoms with Crippen molar-refractivity contribution in [3.8, 4) is 0 Å². The van der Waals surface area contributed by atoms with Gasteiger partial charge in [0, 0.05) is 7.05 Å². The molecule has 130 valence electrons. The lowest BCUT2D eigenvalue weighted by Gasteiger charge is -2.13. The molecular formula is C16H12F3N3O2S. The summed E-state index contributed by atoms with van der Waals surface area (Å²) in [5.41, 5.74) is -1.18. The minimum absolute atomic E-state index is 0.155.